The predicted molar refractivity (Wildman–Crippen MR) is 79.1 cm³/mol. The molecule has 0 spiro atoms. The zero-order valence-corrected chi connectivity index (χ0v) is 12.2. The highest BCUT2D eigenvalue weighted by Gasteiger charge is 2.12. The summed E-state index contributed by atoms with van der Waals surface area (Å²) in [5.74, 6) is 1.25. The maximum absolute atomic E-state index is 6.12. The molecular formula is C12H15Cl2N5. The van der Waals surface area contributed by atoms with E-state index in [-0.39, 0.29) is 5.95 Å². The minimum atomic E-state index is 0.274. The van der Waals surface area contributed by atoms with Crippen LogP contribution in [-0.2, 0) is 0 Å². The van der Waals surface area contributed by atoms with Crippen LogP contribution in [0.5, 0.6) is 0 Å². The molecule has 0 aliphatic carbocycles. The number of anilines is 2. The van der Waals surface area contributed by atoms with Crippen molar-refractivity contribution < 1.29 is 0 Å². The lowest BCUT2D eigenvalue weighted by molar-refractivity contribution is 0.684. The normalized spacial score (nSPS) is 11.0. The monoisotopic (exact) mass is 299 g/mol. The van der Waals surface area contributed by atoms with E-state index in [0.717, 1.165) is 6.54 Å². The molecule has 7 heteroatoms. The fraction of sp³-hybridized carbons (Fsp3) is 0.333. The Balaban J connectivity index is 2.29. The second kappa shape index (κ2) is 5.67. The summed E-state index contributed by atoms with van der Waals surface area (Å²) in [6.45, 7) is 4.98. The summed E-state index contributed by atoms with van der Waals surface area (Å²) >= 11 is 12.0. The van der Waals surface area contributed by atoms with Gasteiger partial charge in [0.2, 0.25) is 11.9 Å². The van der Waals surface area contributed by atoms with Gasteiger partial charge in [0.1, 0.15) is 0 Å². The minimum Gasteiger partial charge on any atom is -0.368 e. The van der Waals surface area contributed by atoms with Crippen molar-refractivity contribution in [2.75, 3.05) is 17.6 Å². The molecule has 0 aliphatic heterocycles. The molecule has 0 unspecified atom stereocenters. The molecule has 102 valence electrons. The van der Waals surface area contributed by atoms with E-state index in [9.17, 15) is 0 Å². The van der Waals surface area contributed by atoms with Gasteiger partial charge < -0.3 is 11.1 Å². The molecule has 0 fully saturated rings. The molecular weight excluding hydrogens is 285 g/mol. The first-order valence-corrected chi connectivity index (χ1v) is 6.65. The Kier molecular flexibility index (Phi) is 4.17. The van der Waals surface area contributed by atoms with Crippen molar-refractivity contribution in [3.8, 4) is 5.69 Å². The van der Waals surface area contributed by atoms with Gasteiger partial charge in [-0.1, -0.05) is 37.0 Å². The van der Waals surface area contributed by atoms with Crippen LogP contribution in [-0.4, -0.2) is 21.3 Å². The lowest BCUT2D eigenvalue weighted by Gasteiger charge is -2.05. The average molecular weight is 300 g/mol. The van der Waals surface area contributed by atoms with Crippen molar-refractivity contribution in [2.24, 2.45) is 5.92 Å². The first-order valence-electron chi connectivity index (χ1n) is 5.89. The van der Waals surface area contributed by atoms with Gasteiger partial charge in [-0.2, -0.15) is 9.67 Å². The number of nitrogen functional groups attached to an aromatic ring is 1. The first kappa shape index (κ1) is 14.0. The van der Waals surface area contributed by atoms with Gasteiger partial charge in [-0.05, 0) is 24.1 Å². The number of nitrogens with zero attached hydrogens (tertiary/aromatic N) is 3. The van der Waals surface area contributed by atoms with Crippen LogP contribution >= 0.6 is 23.2 Å². The van der Waals surface area contributed by atoms with Gasteiger partial charge in [-0.25, -0.2) is 0 Å². The van der Waals surface area contributed by atoms with Crippen LogP contribution in [0.1, 0.15) is 13.8 Å². The van der Waals surface area contributed by atoms with Gasteiger partial charge in [0.05, 0.1) is 10.7 Å². The number of rotatable bonds is 4. The smallest absolute Gasteiger partial charge is 0.244 e. The number of benzene rings is 1. The van der Waals surface area contributed by atoms with E-state index in [1.165, 1.54) is 4.68 Å². The van der Waals surface area contributed by atoms with Crippen LogP contribution in [0.3, 0.4) is 0 Å². The van der Waals surface area contributed by atoms with Crippen LogP contribution in [0.2, 0.25) is 10.0 Å². The molecule has 0 radical (unpaired) electrons. The van der Waals surface area contributed by atoms with Gasteiger partial charge in [0.15, 0.2) is 0 Å². The maximum atomic E-state index is 6.12. The van der Waals surface area contributed by atoms with Gasteiger partial charge in [-0.15, -0.1) is 5.10 Å². The SMILES string of the molecule is CC(C)CNc1nc(N)n(-c2ccc(Cl)cc2Cl)n1. The molecule has 1 aromatic carbocycles. The number of halogens is 2. The molecule has 1 aromatic heterocycles. The Bertz CT molecular complexity index is 579. The van der Waals surface area contributed by atoms with Gasteiger partial charge in [-0.3, -0.25) is 0 Å². The fourth-order valence-corrected chi connectivity index (χ4v) is 2.01. The van der Waals surface area contributed by atoms with Crippen molar-refractivity contribution in [1.29, 1.82) is 0 Å². The maximum Gasteiger partial charge on any atom is 0.244 e. The number of hydrogen-bond donors (Lipinski definition) is 2. The Hall–Kier alpha value is -1.46. The highest BCUT2D eigenvalue weighted by molar-refractivity contribution is 6.35. The molecule has 5 nitrogen and oxygen atoms in total. The zero-order valence-electron chi connectivity index (χ0n) is 10.7. The largest absolute Gasteiger partial charge is 0.368 e. The van der Waals surface area contributed by atoms with E-state index in [0.29, 0.717) is 27.6 Å². The van der Waals surface area contributed by atoms with Crippen molar-refractivity contribution in [1.82, 2.24) is 14.8 Å². The summed E-state index contributed by atoms with van der Waals surface area (Å²) in [5.41, 5.74) is 6.49. The standard InChI is InChI=1S/C12H15Cl2N5/c1-7(2)6-16-12-17-11(15)19(18-12)10-4-3-8(13)5-9(10)14/h3-5,7H,6H2,1-2H3,(H3,15,16,17,18). The molecule has 1 heterocycles. The van der Waals surface area contributed by atoms with Crippen LogP contribution in [0, 0.1) is 5.92 Å². The molecule has 3 N–H and O–H groups in total. The summed E-state index contributed by atoms with van der Waals surface area (Å²) in [4.78, 5) is 4.15. The third-order valence-corrected chi connectivity index (χ3v) is 2.98. The van der Waals surface area contributed by atoms with E-state index in [1.54, 1.807) is 18.2 Å². The third kappa shape index (κ3) is 3.30. The Morgan fingerprint density at radius 2 is 2.11 bits per heavy atom. The van der Waals surface area contributed by atoms with Gasteiger partial charge in [0.25, 0.3) is 0 Å². The predicted octanol–water partition coefficient (Wildman–Crippen LogP) is 3.22. The second-order valence-electron chi connectivity index (χ2n) is 4.58. The lowest BCUT2D eigenvalue weighted by atomic mass is 10.2. The molecule has 0 atom stereocenters. The average Bonchev–Trinajstić information content (AvgIpc) is 2.68. The van der Waals surface area contributed by atoms with Crippen molar-refractivity contribution in [3.05, 3.63) is 28.2 Å². The summed E-state index contributed by atoms with van der Waals surface area (Å²) in [7, 11) is 0. The van der Waals surface area contributed by atoms with Crippen LogP contribution in [0.4, 0.5) is 11.9 Å². The molecule has 0 aliphatic rings. The van der Waals surface area contributed by atoms with Crippen molar-refractivity contribution in [2.45, 2.75) is 13.8 Å². The number of hydrogen-bond acceptors (Lipinski definition) is 4. The van der Waals surface area contributed by atoms with E-state index < -0.39 is 0 Å². The fourth-order valence-electron chi connectivity index (χ4n) is 1.52. The number of nitrogens with one attached hydrogen (secondary N) is 1. The summed E-state index contributed by atoms with van der Waals surface area (Å²) < 4.78 is 1.49. The second-order valence-corrected chi connectivity index (χ2v) is 5.42. The molecule has 0 bridgehead atoms. The van der Waals surface area contributed by atoms with Gasteiger partial charge in [0, 0.05) is 11.6 Å². The molecule has 0 saturated carbocycles. The summed E-state index contributed by atoms with van der Waals surface area (Å²) in [6, 6.07) is 5.12. The Morgan fingerprint density at radius 1 is 1.37 bits per heavy atom. The topological polar surface area (TPSA) is 68.8 Å². The minimum absolute atomic E-state index is 0.274. The zero-order chi connectivity index (χ0) is 14.0. The highest BCUT2D eigenvalue weighted by Crippen LogP contribution is 2.25. The van der Waals surface area contributed by atoms with Crippen LogP contribution < -0.4 is 11.1 Å². The first-order chi connectivity index (χ1) is 8.97. The van der Waals surface area contributed by atoms with Crippen molar-refractivity contribution in [3.63, 3.8) is 0 Å². The summed E-state index contributed by atoms with van der Waals surface area (Å²) in [6.07, 6.45) is 0. The lowest BCUT2D eigenvalue weighted by Crippen LogP contribution is -2.09. The molecule has 2 rings (SSSR count). The van der Waals surface area contributed by atoms with E-state index in [1.807, 2.05) is 0 Å². The highest BCUT2D eigenvalue weighted by atomic mass is 35.5. The van der Waals surface area contributed by atoms with Gasteiger partial charge >= 0.3 is 0 Å². The van der Waals surface area contributed by atoms with E-state index >= 15 is 0 Å². The molecule has 0 saturated heterocycles. The molecule has 19 heavy (non-hydrogen) atoms. The number of aromatic nitrogens is 3. The van der Waals surface area contributed by atoms with Crippen LogP contribution in [0.15, 0.2) is 18.2 Å². The third-order valence-electron chi connectivity index (χ3n) is 2.44. The molecule has 0 amide bonds. The van der Waals surface area contributed by atoms with E-state index in [2.05, 4.69) is 29.2 Å². The Labute approximate surface area is 121 Å². The number of nitrogens with two attached hydrogens (primary N) is 1. The van der Waals surface area contributed by atoms with E-state index in [4.69, 9.17) is 28.9 Å². The Morgan fingerprint density at radius 3 is 2.74 bits per heavy atom. The molecule has 2 aromatic rings. The van der Waals surface area contributed by atoms with Crippen molar-refractivity contribution >= 4 is 35.1 Å². The van der Waals surface area contributed by atoms with Crippen LogP contribution in [0.25, 0.3) is 5.69 Å². The quantitative estimate of drug-likeness (QED) is 0.909. The summed E-state index contributed by atoms with van der Waals surface area (Å²) in [5, 5.41) is 8.43.